The van der Waals surface area contributed by atoms with E-state index in [4.69, 9.17) is 5.73 Å². The van der Waals surface area contributed by atoms with Crippen LogP contribution < -0.4 is 5.73 Å². The lowest BCUT2D eigenvalue weighted by atomic mass is 10.2. The summed E-state index contributed by atoms with van der Waals surface area (Å²) in [6.45, 7) is 0. The Morgan fingerprint density at radius 1 is 1.50 bits per heavy atom. The van der Waals surface area contributed by atoms with E-state index in [1.807, 2.05) is 0 Å². The van der Waals surface area contributed by atoms with Crippen LogP contribution in [0.25, 0.3) is 0 Å². The molecule has 1 rings (SSSR count). The van der Waals surface area contributed by atoms with Gasteiger partial charge in [-0.25, -0.2) is 4.39 Å². The van der Waals surface area contributed by atoms with Crippen LogP contribution in [-0.2, 0) is 5.33 Å². The maximum atomic E-state index is 12.7. The first-order chi connectivity index (χ1) is 4.74. The lowest BCUT2D eigenvalue weighted by Gasteiger charge is -1.97. The van der Waals surface area contributed by atoms with E-state index in [-0.39, 0.29) is 5.82 Å². The fraction of sp³-hybridized carbons (Fsp3) is 0.143. The zero-order valence-electron chi connectivity index (χ0n) is 5.27. The van der Waals surface area contributed by atoms with Crippen LogP contribution in [0, 0.1) is 5.82 Å². The summed E-state index contributed by atoms with van der Waals surface area (Å²) in [7, 11) is 0. The van der Waals surface area contributed by atoms with Crippen molar-refractivity contribution in [3.05, 3.63) is 29.6 Å². The molecule has 0 aliphatic carbocycles. The third kappa shape index (κ3) is 1.48. The molecular weight excluding hydrogens is 197 g/mol. The Morgan fingerprint density at radius 3 is 2.70 bits per heavy atom. The fourth-order valence-corrected chi connectivity index (χ4v) is 1.13. The van der Waals surface area contributed by atoms with Crippen molar-refractivity contribution in [2.75, 3.05) is 5.73 Å². The maximum Gasteiger partial charge on any atom is 0.129 e. The molecule has 2 N–H and O–H groups in total. The summed E-state index contributed by atoms with van der Waals surface area (Å²) in [6, 6.07) is 4.66. The number of hydrogen-bond donors (Lipinski definition) is 1. The molecule has 0 fully saturated rings. The molecule has 54 valence electrons. The van der Waals surface area contributed by atoms with Crippen molar-refractivity contribution >= 4 is 21.6 Å². The van der Waals surface area contributed by atoms with Crippen molar-refractivity contribution in [2.45, 2.75) is 5.33 Å². The molecule has 0 heterocycles. The second kappa shape index (κ2) is 3.01. The summed E-state index contributed by atoms with van der Waals surface area (Å²) in [5, 5.41) is 0.527. The van der Waals surface area contributed by atoms with Gasteiger partial charge in [-0.15, -0.1) is 0 Å². The highest BCUT2D eigenvalue weighted by atomic mass is 79.9. The Morgan fingerprint density at radius 2 is 2.20 bits per heavy atom. The monoisotopic (exact) mass is 203 g/mol. The molecular formula is C7H7BrFN. The van der Waals surface area contributed by atoms with Gasteiger partial charge in [0.1, 0.15) is 5.82 Å². The highest BCUT2D eigenvalue weighted by molar-refractivity contribution is 9.08. The molecule has 0 saturated heterocycles. The van der Waals surface area contributed by atoms with E-state index < -0.39 is 0 Å². The molecule has 0 aromatic heterocycles. The number of nitrogens with two attached hydrogens (primary N) is 1. The lowest BCUT2D eigenvalue weighted by molar-refractivity contribution is 0.618. The smallest absolute Gasteiger partial charge is 0.129 e. The molecule has 0 amide bonds. The molecule has 0 saturated carbocycles. The van der Waals surface area contributed by atoms with Gasteiger partial charge in [-0.2, -0.15) is 0 Å². The molecule has 0 radical (unpaired) electrons. The number of hydrogen-bond acceptors (Lipinski definition) is 1. The number of nitrogen functional groups attached to an aromatic ring is 1. The Bertz CT molecular complexity index is 237. The van der Waals surface area contributed by atoms with Gasteiger partial charge in [0.25, 0.3) is 0 Å². The van der Waals surface area contributed by atoms with Crippen molar-refractivity contribution in [1.29, 1.82) is 0 Å². The molecule has 1 aromatic carbocycles. The molecule has 0 spiro atoms. The van der Waals surface area contributed by atoms with Crippen molar-refractivity contribution in [3.8, 4) is 0 Å². The van der Waals surface area contributed by atoms with E-state index in [1.165, 1.54) is 6.07 Å². The normalized spacial score (nSPS) is 9.80. The van der Waals surface area contributed by atoms with Crippen LogP contribution in [0.15, 0.2) is 18.2 Å². The van der Waals surface area contributed by atoms with Crippen LogP contribution in [0.2, 0.25) is 0 Å². The van der Waals surface area contributed by atoms with Crippen molar-refractivity contribution in [1.82, 2.24) is 0 Å². The Kier molecular flexibility index (Phi) is 2.27. The van der Waals surface area contributed by atoms with Gasteiger partial charge in [-0.1, -0.05) is 22.0 Å². The summed E-state index contributed by atoms with van der Waals surface area (Å²) in [5.41, 5.74) is 6.42. The molecule has 1 aromatic rings. The fourth-order valence-electron chi connectivity index (χ4n) is 0.672. The summed E-state index contributed by atoms with van der Waals surface area (Å²) in [4.78, 5) is 0. The third-order valence-corrected chi connectivity index (χ3v) is 1.83. The van der Waals surface area contributed by atoms with Gasteiger partial charge < -0.3 is 5.73 Å². The van der Waals surface area contributed by atoms with E-state index in [9.17, 15) is 4.39 Å². The number of alkyl halides is 1. The van der Waals surface area contributed by atoms with Gasteiger partial charge in [0.05, 0.1) is 0 Å². The standard InChI is InChI=1S/C7H7BrFN/c8-4-5-1-2-6(10)3-7(5)9/h1-3H,4,10H2. The van der Waals surface area contributed by atoms with E-state index in [1.54, 1.807) is 12.1 Å². The first-order valence-electron chi connectivity index (χ1n) is 2.84. The SMILES string of the molecule is Nc1ccc(CBr)c(F)c1. The average molecular weight is 204 g/mol. The Hall–Kier alpha value is -0.570. The molecule has 0 bridgehead atoms. The van der Waals surface area contributed by atoms with Gasteiger partial charge in [0.2, 0.25) is 0 Å². The first kappa shape index (κ1) is 7.54. The molecule has 10 heavy (non-hydrogen) atoms. The first-order valence-corrected chi connectivity index (χ1v) is 3.96. The average Bonchev–Trinajstić information content (AvgIpc) is 1.88. The zero-order valence-corrected chi connectivity index (χ0v) is 6.86. The van der Waals surface area contributed by atoms with Crippen LogP contribution in [0.5, 0.6) is 0 Å². The zero-order chi connectivity index (χ0) is 7.56. The minimum atomic E-state index is -0.253. The minimum absolute atomic E-state index is 0.253. The van der Waals surface area contributed by atoms with Crippen LogP contribution in [0.1, 0.15) is 5.56 Å². The van der Waals surface area contributed by atoms with Crippen LogP contribution in [-0.4, -0.2) is 0 Å². The quantitative estimate of drug-likeness (QED) is 0.551. The molecule has 0 aliphatic heterocycles. The molecule has 0 aliphatic rings. The van der Waals surface area contributed by atoms with Gasteiger partial charge in [-0.3, -0.25) is 0 Å². The maximum absolute atomic E-state index is 12.7. The number of halogens is 2. The van der Waals surface area contributed by atoms with Crippen molar-refractivity contribution < 1.29 is 4.39 Å². The highest BCUT2D eigenvalue weighted by Gasteiger charge is 1.98. The van der Waals surface area contributed by atoms with Gasteiger partial charge >= 0.3 is 0 Å². The second-order valence-electron chi connectivity index (χ2n) is 1.98. The Labute approximate surface area is 67.2 Å². The van der Waals surface area contributed by atoms with Crippen LogP contribution >= 0.6 is 15.9 Å². The van der Waals surface area contributed by atoms with E-state index in [2.05, 4.69) is 15.9 Å². The van der Waals surface area contributed by atoms with E-state index in [0.29, 0.717) is 16.6 Å². The number of rotatable bonds is 1. The predicted octanol–water partition coefficient (Wildman–Crippen LogP) is 2.30. The minimum Gasteiger partial charge on any atom is -0.399 e. The lowest BCUT2D eigenvalue weighted by Crippen LogP contribution is -1.89. The highest BCUT2D eigenvalue weighted by Crippen LogP contribution is 2.13. The molecule has 1 nitrogen and oxygen atoms in total. The second-order valence-corrected chi connectivity index (χ2v) is 2.55. The van der Waals surface area contributed by atoms with Crippen molar-refractivity contribution in [3.63, 3.8) is 0 Å². The van der Waals surface area contributed by atoms with Gasteiger partial charge in [0, 0.05) is 11.0 Å². The summed E-state index contributed by atoms with van der Waals surface area (Å²) in [5.74, 6) is -0.253. The molecule has 0 atom stereocenters. The summed E-state index contributed by atoms with van der Waals surface area (Å²) in [6.07, 6.45) is 0. The summed E-state index contributed by atoms with van der Waals surface area (Å²) >= 11 is 3.15. The van der Waals surface area contributed by atoms with E-state index in [0.717, 1.165) is 0 Å². The third-order valence-electron chi connectivity index (χ3n) is 1.22. The predicted molar refractivity (Wildman–Crippen MR) is 43.4 cm³/mol. The number of benzene rings is 1. The molecule has 3 heteroatoms. The van der Waals surface area contributed by atoms with Crippen molar-refractivity contribution in [2.24, 2.45) is 0 Å². The van der Waals surface area contributed by atoms with Gasteiger partial charge in [0.15, 0.2) is 0 Å². The largest absolute Gasteiger partial charge is 0.399 e. The number of anilines is 1. The Balaban J connectivity index is 3.07. The van der Waals surface area contributed by atoms with Crippen LogP contribution in [0.3, 0.4) is 0 Å². The summed E-state index contributed by atoms with van der Waals surface area (Å²) < 4.78 is 12.7. The van der Waals surface area contributed by atoms with E-state index >= 15 is 0 Å². The topological polar surface area (TPSA) is 26.0 Å². The van der Waals surface area contributed by atoms with Gasteiger partial charge in [-0.05, 0) is 17.7 Å². The van der Waals surface area contributed by atoms with Crippen LogP contribution in [0.4, 0.5) is 10.1 Å². The molecule has 0 unspecified atom stereocenters.